The van der Waals surface area contributed by atoms with Crippen molar-refractivity contribution in [1.29, 1.82) is 0 Å². The molecule has 9 nitrogen and oxygen atoms in total. The van der Waals surface area contributed by atoms with E-state index < -0.39 is 0 Å². The van der Waals surface area contributed by atoms with Gasteiger partial charge in [0.15, 0.2) is 0 Å². The first-order chi connectivity index (χ1) is 20.1. The predicted octanol–water partition coefficient (Wildman–Crippen LogP) is 5.41. The normalized spacial score (nSPS) is 13.7. The maximum atomic E-state index is 4.57. The minimum Gasteiger partial charge on any atom is -0.369 e. The number of piperazine rings is 1. The monoisotopic (exact) mass is 547 g/mol. The van der Waals surface area contributed by atoms with Gasteiger partial charge in [0.05, 0.1) is 11.0 Å². The van der Waals surface area contributed by atoms with Crippen molar-refractivity contribution >= 4 is 44.8 Å². The Kier molecular flexibility index (Phi) is 8.02. The number of pyridine rings is 1. The molecule has 2 N–H and O–H groups in total. The second kappa shape index (κ2) is 12.3. The van der Waals surface area contributed by atoms with E-state index in [1.807, 2.05) is 12.3 Å². The van der Waals surface area contributed by atoms with Crippen LogP contribution in [0.25, 0.3) is 21.8 Å². The van der Waals surface area contributed by atoms with Crippen LogP contribution in [0.5, 0.6) is 0 Å². The molecule has 1 aliphatic heterocycles. The van der Waals surface area contributed by atoms with E-state index in [4.69, 9.17) is 0 Å². The molecule has 5 aromatic rings. The molecule has 4 heterocycles. The Balaban J connectivity index is 1.09. The molecule has 0 bridgehead atoms. The highest BCUT2D eigenvalue weighted by molar-refractivity contribution is 5.92. The van der Waals surface area contributed by atoms with Gasteiger partial charge in [-0.15, -0.1) is 0 Å². The van der Waals surface area contributed by atoms with Crippen LogP contribution in [0.4, 0.5) is 23.0 Å². The van der Waals surface area contributed by atoms with Gasteiger partial charge >= 0.3 is 0 Å². The zero-order valence-corrected chi connectivity index (χ0v) is 23.8. The minimum atomic E-state index is 0.659. The lowest BCUT2D eigenvalue weighted by atomic mass is 10.1. The quantitative estimate of drug-likeness (QED) is 0.238. The molecule has 0 amide bonds. The van der Waals surface area contributed by atoms with Crippen LogP contribution in [-0.2, 0) is 6.42 Å². The van der Waals surface area contributed by atoms with E-state index in [0.29, 0.717) is 5.92 Å². The number of benzene rings is 2. The van der Waals surface area contributed by atoms with Crippen molar-refractivity contribution in [3.63, 3.8) is 0 Å². The molecular weight excluding hydrogens is 510 g/mol. The minimum absolute atomic E-state index is 0.659. The van der Waals surface area contributed by atoms with Crippen LogP contribution < -0.4 is 20.4 Å². The van der Waals surface area contributed by atoms with Gasteiger partial charge in [0.2, 0.25) is 0 Å². The van der Waals surface area contributed by atoms with Crippen molar-refractivity contribution in [2.75, 3.05) is 59.7 Å². The summed E-state index contributed by atoms with van der Waals surface area (Å²) in [7, 11) is 0. The fraction of sp³-hybridized carbons (Fsp3) is 0.344. The van der Waals surface area contributed by atoms with Gasteiger partial charge in [-0.2, -0.15) is 0 Å². The fourth-order valence-electron chi connectivity index (χ4n) is 5.34. The zero-order valence-electron chi connectivity index (χ0n) is 23.8. The number of rotatable bonds is 10. The molecule has 0 aliphatic carbocycles. The highest BCUT2D eigenvalue weighted by atomic mass is 15.3. The summed E-state index contributed by atoms with van der Waals surface area (Å²) in [5.41, 5.74) is 5.54. The van der Waals surface area contributed by atoms with Crippen molar-refractivity contribution in [2.45, 2.75) is 26.7 Å². The molecule has 1 aliphatic rings. The van der Waals surface area contributed by atoms with Gasteiger partial charge in [0.25, 0.3) is 0 Å². The molecule has 41 heavy (non-hydrogen) atoms. The average molecular weight is 548 g/mol. The highest BCUT2D eigenvalue weighted by Crippen LogP contribution is 2.28. The first-order valence-electron chi connectivity index (χ1n) is 14.5. The van der Waals surface area contributed by atoms with Gasteiger partial charge in [0, 0.05) is 73.8 Å². The molecule has 0 unspecified atom stereocenters. The standard InChI is InChI=1S/C32H37N9/c1-23(2)9-12-34-31-27-7-5-25(18-29(27)36-21-38-31)40-14-16-41(17-15-40)26-6-8-28-30(19-26)37-22-39-32(28)35-13-10-24-4-3-11-33-20-24/h3-8,11,18-23H,9-10,12-17H2,1-2H3,(H,34,36,38)(H,35,37,39). The van der Waals surface area contributed by atoms with Crippen LogP contribution in [0.3, 0.4) is 0 Å². The van der Waals surface area contributed by atoms with Crippen LogP contribution in [0.2, 0.25) is 0 Å². The Hall–Kier alpha value is -4.53. The average Bonchev–Trinajstić information content (AvgIpc) is 3.01. The van der Waals surface area contributed by atoms with E-state index in [9.17, 15) is 0 Å². The molecule has 9 heteroatoms. The lowest BCUT2D eigenvalue weighted by Crippen LogP contribution is -2.46. The van der Waals surface area contributed by atoms with E-state index in [1.54, 1.807) is 18.9 Å². The van der Waals surface area contributed by atoms with Crippen LogP contribution in [-0.4, -0.2) is 64.2 Å². The fourth-order valence-corrected chi connectivity index (χ4v) is 5.34. The van der Waals surface area contributed by atoms with Gasteiger partial charge < -0.3 is 20.4 Å². The van der Waals surface area contributed by atoms with Crippen molar-refractivity contribution in [1.82, 2.24) is 24.9 Å². The molecule has 1 fully saturated rings. The molecule has 1 saturated heterocycles. The Morgan fingerprint density at radius 3 is 1.85 bits per heavy atom. The molecule has 0 saturated carbocycles. The predicted molar refractivity (Wildman–Crippen MR) is 168 cm³/mol. The maximum Gasteiger partial charge on any atom is 0.137 e. The number of aromatic nitrogens is 5. The lowest BCUT2D eigenvalue weighted by molar-refractivity contribution is 0.607. The third-order valence-electron chi connectivity index (χ3n) is 7.69. The summed E-state index contributed by atoms with van der Waals surface area (Å²) in [5.74, 6) is 2.44. The molecule has 3 aromatic heterocycles. The third kappa shape index (κ3) is 6.29. The first kappa shape index (κ1) is 26.7. The van der Waals surface area contributed by atoms with Gasteiger partial charge in [-0.25, -0.2) is 19.9 Å². The molecule has 0 spiro atoms. The molecule has 210 valence electrons. The Morgan fingerprint density at radius 1 is 0.732 bits per heavy atom. The third-order valence-corrected chi connectivity index (χ3v) is 7.69. The van der Waals surface area contributed by atoms with Gasteiger partial charge in [0.1, 0.15) is 24.3 Å². The number of hydrogen-bond acceptors (Lipinski definition) is 9. The van der Waals surface area contributed by atoms with Crippen molar-refractivity contribution in [3.05, 3.63) is 79.1 Å². The Bertz CT molecular complexity index is 1600. The number of hydrogen-bond donors (Lipinski definition) is 2. The van der Waals surface area contributed by atoms with E-state index in [-0.39, 0.29) is 0 Å². The van der Waals surface area contributed by atoms with E-state index in [2.05, 4.69) is 102 Å². The molecular formula is C32H37N9. The lowest BCUT2D eigenvalue weighted by Gasteiger charge is -2.37. The van der Waals surface area contributed by atoms with Crippen molar-refractivity contribution < 1.29 is 0 Å². The summed E-state index contributed by atoms with van der Waals surface area (Å²) < 4.78 is 0. The van der Waals surface area contributed by atoms with Crippen molar-refractivity contribution in [3.8, 4) is 0 Å². The SMILES string of the molecule is CC(C)CCNc1ncnc2cc(N3CCN(c4ccc5c(NCCc6cccnc6)ncnc5c4)CC3)ccc12. The van der Waals surface area contributed by atoms with E-state index in [1.165, 1.54) is 16.9 Å². The van der Waals surface area contributed by atoms with Gasteiger partial charge in [-0.3, -0.25) is 4.98 Å². The van der Waals surface area contributed by atoms with Gasteiger partial charge in [-0.05, 0) is 66.8 Å². The largest absolute Gasteiger partial charge is 0.369 e. The summed E-state index contributed by atoms with van der Waals surface area (Å²) >= 11 is 0. The molecule has 0 atom stereocenters. The summed E-state index contributed by atoms with van der Waals surface area (Å²) in [6.45, 7) is 9.95. The second-order valence-corrected chi connectivity index (χ2v) is 11.0. The number of nitrogens with one attached hydrogen (secondary N) is 2. The maximum absolute atomic E-state index is 4.57. The molecule has 2 aromatic carbocycles. The number of fused-ring (bicyclic) bond motifs is 2. The highest BCUT2D eigenvalue weighted by Gasteiger charge is 2.19. The molecule has 0 radical (unpaired) electrons. The smallest absolute Gasteiger partial charge is 0.137 e. The second-order valence-electron chi connectivity index (χ2n) is 11.0. The van der Waals surface area contributed by atoms with Crippen LogP contribution in [0.1, 0.15) is 25.8 Å². The van der Waals surface area contributed by atoms with Crippen LogP contribution in [0.15, 0.2) is 73.6 Å². The zero-order chi connectivity index (χ0) is 28.0. The first-order valence-corrected chi connectivity index (χ1v) is 14.5. The summed E-state index contributed by atoms with van der Waals surface area (Å²) in [5, 5.41) is 9.08. The van der Waals surface area contributed by atoms with Crippen LogP contribution >= 0.6 is 0 Å². The number of anilines is 4. The summed E-state index contributed by atoms with van der Waals surface area (Å²) in [4.78, 5) is 27.2. The summed E-state index contributed by atoms with van der Waals surface area (Å²) in [6, 6.07) is 17.1. The number of nitrogens with zero attached hydrogens (tertiary/aromatic N) is 7. The topological polar surface area (TPSA) is 95.0 Å². The van der Waals surface area contributed by atoms with E-state index in [0.717, 1.165) is 85.6 Å². The molecule has 6 rings (SSSR count). The van der Waals surface area contributed by atoms with Crippen molar-refractivity contribution in [2.24, 2.45) is 5.92 Å². The Morgan fingerprint density at radius 2 is 1.32 bits per heavy atom. The van der Waals surface area contributed by atoms with Gasteiger partial charge in [-0.1, -0.05) is 19.9 Å². The van der Waals surface area contributed by atoms with E-state index >= 15 is 0 Å². The Labute approximate surface area is 241 Å². The van der Waals surface area contributed by atoms with Crippen LogP contribution in [0, 0.1) is 5.92 Å². The summed E-state index contributed by atoms with van der Waals surface area (Å²) in [6.07, 6.45) is 9.01.